The number of nitrogens with one attached hydrogen (secondary N) is 1. The van der Waals surface area contributed by atoms with Crippen LogP contribution >= 0.6 is 11.6 Å². The average Bonchev–Trinajstić information content (AvgIpc) is 2.79. The molecule has 184 valence electrons. The quantitative estimate of drug-likeness (QED) is 0.290. The van der Waals surface area contributed by atoms with Crippen molar-refractivity contribution in [1.82, 2.24) is 4.31 Å². The van der Waals surface area contributed by atoms with E-state index in [1.165, 1.54) is 7.11 Å². The normalized spacial score (nSPS) is 11.2. The lowest BCUT2D eigenvalue weighted by molar-refractivity contribution is -0.385. The number of phenols is 1. The number of sulfonamides is 1. The highest BCUT2D eigenvalue weighted by Gasteiger charge is 2.29. The Kier molecular flexibility index (Phi) is 8.42. The number of rotatable bonds is 9. The first-order chi connectivity index (χ1) is 15.9. The lowest BCUT2D eigenvalue weighted by atomic mass is 10.1. The Bertz CT molecular complexity index is 1240. The van der Waals surface area contributed by atoms with Crippen LogP contribution in [0.4, 0.5) is 11.4 Å². The number of benzene rings is 2. The lowest BCUT2D eigenvalue weighted by Gasteiger charge is -2.21. The van der Waals surface area contributed by atoms with Gasteiger partial charge >= 0.3 is 11.7 Å². The summed E-state index contributed by atoms with van der Waals surface area (Å²) in [5.41, 5.74) is -1.61. The highest BCUT2D eigenvalue weighted by molar-refractivity contribution is 7.89. The van der Waals surface area contributed by atoms with E-state index in [0.717, 1.165) is 35.7 Å². The van der Waals surface area contributed by atoms with Crippen LogP contribution < -0.4 is 10.1 Å². The topological polar surface area (TPSA) is 165 Å². The number of nitro benzene ring substituents is 1. The minimum atomic E-state index is -4.07. The summed E-state index contributed by atoms with van der Waals surface area (Å²) in [4.78, 5) is 35.1. The Balaban J connectivity index is 2.70. The molecule has 0 radical (unpaired) electrons. The van der Waals surface area contributed by atoms with Crippen molar-refractivity contribution < 1.29 is 37.5 Å². The number of carbonyl (C=O) groups is 2. The van der Waals surface area contributed by atoms with Crippen LogP contribution in [0.1, 0.15) is 34.6 Å². The number of amides is 1. The molecule has 0 aliphatic carbocycles. The van der Waals surface area contributed by atoms with E-state index in [9.17, 15) is 33.2 Å². The molecule has 2 rings (SSSR count). The van der Waals surface area contributed by atoms with E-state index in [-0.39, 0.29) is 40.5 Å². The predicted octanol–water partition coefficient (Wildman–Crippen LogP) is 3.03. The van der Waals surface area contributed by atoms with E-state index in [1.807, 2.05) is 0 Å². The number of halogens is 1. The number of aromatic hydroxyl groups is 1. The second kappa shape index (κ2) is 10.7. The van der Waals surface area contributed by atoms with Crippen molar-refractivity contribution >= 4 is 44.9 Å². The maximum absolute atomic E-state index is 13.1. The fraction of sp³-hybridized carbons (Fsp3) is 0.300. The molecule has 34 heavy (non-hydrogen) atoms. The van der Waals surface area contributed by atoms with Crippen LogP contribution in [0.15, 0.2) is 29.2 Å². The van der Waals surface area contributed by atoms with E-state index in [2.05, 4.69) is 5.32 Å². The number of hydrogen-bond donors (Lipinski definition) is 2. The van der Waals surface area contributed by atoms with E-state index in [1.54, 1.807) is 13.8 Å². The van der Waals surface area contributed by atoms with Crippen molar-refractivity contribution in [1.29, 1.82) is 0 Å². The zero-order valence-corrected chi connectivity index (χ0v) is 20.2. The number of nitro groups is 1. The van der Waals surface area contributed by atoms with Crippen LogP contribution in [0, 0.1) is 10.1 Å². The van der Waals surface area contributed by atoms with Crippen molar-refractivity contribution in [2.45, 2.75) is 18.7 Å². The highest BCUT2D eigenvalue weighted by atomic mass is 35.5. The summed E-state index contributed by atoms with van der Waals surface area (Å²) in [6, 6.07) is 3.94. The highest BCUT2D eigenvalue weighted by Crippen LogP contribution is 2.37. The second-order valence-corrected chi connectivity index (χ2v) is 9.01. The first-order valence-electron chi connectivity index (χ1n) is 9.71. The molecule has 2 N–H and O–H groups in total. The standard InChI is InChI=1S/C20H22ClN3O9S/c1-5-23(6-2)34(30,31)12-9-13(20(27)33-4)18(32-3)15(10-12)22-19(26)11-7-14(21)17(25)16(8-11)24(28)29/h7-10,25H,5-6H2,1-4H3,(H,22,26). The third-order valence-corrected chi connectivity index (χ3v) is 7.08. The van der Waals surface area contributed by atoms with E-state index in [4.69, 9.17) is 21.1 Å². The fourth-order valence-electron chi connectivity index (χ4n) is 3.09. The minimum absolute atomic E-state index is 0.149. The molecular formula is C20H22ClN3O9S. The van der Waals surface area contributed by atoms with Crippen molar-refractivity contribution in [2.75, 3.05) is 32.6 Å². The predicted molar refractivity (Wildman–Crippen MR) is 122 cm³/mol. The summed E-state index contributed by atoms with van der Waals surface area (Å²) in [5.74, 6) is -2.89. The number of hydrogen-bond acceptors (Lipinski definition) is 9. The van der Waals surface area contributed by atoms with E-state index < -0.39 is 43.3 Å². The SMILES string of the molecule is CCN(CC)S(=O)(=O)c1cc(NC(=O)c2cc(Cl)c(O)c([N+](=O)[O-])c2)c(OC)c(C(=O)OC)c1. The van der Waals surface area contributed by atoms with Gasteiger partial charge in [-0.3, -0.25) is 14.9 Å². The number of ether oxygens (including phenoxy) is 2. The molecule has 12 nitrogen and oxygen atoms in total. The van der Waals surface area contributed by atoms with Crippen LogP contribution in [0.2, 0.25) is 5.02 Å². The van der Waals surface area contributed by atoms with Crippen molar-refractivity contribution in [3.63, 3.8) is 0 Å². The van der Waals surface area contributed by atoms with Crippen LogP contribution in [0.5, 0.6) is 11.5 Å². The minimum Gasteiger partial charge on any atom is -0.501 e. The molecule has 2 aromatic carbocycles. The number of phenolic OH excluding ortho intramolecular Hbond substituents is 1. The Morgan fingerprint density at radius 1 is 1.18 bits per heavy atom. The van der Waals surface area contributed by atoms with Crippen LogP contribution in [0.25, 0.3) is 0 Å². The first kappa shape index (κ1) is 26.8. The summed E-state index contributed by atoms with van der Waals surface area (Å²) in [7, 11) is -1.79. The smallest absolute Gasteiger partial charge is 0.341 e. The molecule has 0 spiro atoms. The largest absolute Gasteiger partial charge is 0.501 e. The number of methoxy groups -OCH3 is 2. The molecule has 0 heterocycles. The molecule has 2 aromatic rings. The first-order valence-corrected chi connectivity index (χ1v) is 11.5. The Labute approximate surface area is 200 Å². The average molecular weight is 516 g/mol. The van der Waals surface area contributed by atoms with Gasteiger partial charge in [-0.25, -0.2) is 13.2 Å². The zero-order valence-electron chi connectivity index (χ0n) is 18.6. The third kappa shape index (κ3) is 5.21. The van der Waals surface area contributed by atoms with Crippen LogP contribution in [-0.4, -0.2) is 61.9 Å². The molecule has 1 amide bonds. The maximum atomic E-state index is 13.1. The Morgan fingerprint density at radius 3 is 2.29 bits per heavy atom. The van der Waals surface area contributed by atoms with Gasteiger partial charge in [-0.15, -0.1) is 0 Å². The number of anilines is 1. The number of esters is 1. The van der Waals surface area contributed by atoms with Gasteiger partial charge in [0.1, 0.15) is 5.56 Å². The maximum Gasteiger partial charge on any atom is 0.341 e. The van der Waals surface area contributed by atoms with Crippen molar-refractivity contribution in [3.05, 3.63) is 50.5 Å². The van der Waals surface area contributed by atoms with Gasteiger partial charge in [-0.2, -0.15) is 4.31 Å². The monoisotopic (exact) mass is 515 g/mol. The molecule has 0 bridgehead atoms. The number of nitrogens with zero attached hydrogens (tertiary/aromatic N) is 2. The second-order valence-electron chi connectivity index (χ2n) is 6.67. The molecule has 0 atom stereocenters. The van der Waals surface area contributed by atoms with Crippen molar-refractivity contribution in [2.24, 2.45) is 0 Å². The summed E-state index contributed by atoms with van der Waals surface area (Å²) in [6.45, 7) is 3.57. The molecule has 14 heteroatoms. The Morgan fingerprint density at radius 2 is 1.79 bits per heavy atom. The third-order valence-electron chi connectivity index (χ3n) is 4.77. The van der Waals surface area contributed by atoms with Gasteiger partial charge < -0.3 is 19.9 Å². The summed E-state index contributed by atoms with van der Waals surface area (Å²) >= 11 is 5.80. The molecule has 0 aromatic heterocycles. The molecular weight excluding hydrogens is 494 g/mol. The van der Waals surface area contributed by atoms with Gasteiger partial charge in [0, 0.05) is 24.7 Å². The van der Waals surface area contributed by atoms with Gasteiger partial charge in [-0.1, -0.05) is 25.4 Å². The zero-order chi connectivity index (χ0) is 25.8. The molecule has 0 saturated heterocycles. The molecule has 0 aliphatic rings. The molecule has 0 aliphatic heterocycles. The van der Waals surface area contributed by atoms with Crippen LogP contribution in [0.3, 0.4) is 0 Å². The van der Waals surface area contributed by atoms with Gasteiger partial charge in [0.2, 0.25) is 15.8 Å². The van der Waals surface area contributed by atoms with Gasteiger partial charge in [0.05, 0.1) is 34.7 Å². The summed E-state index contributed by atoms with van der Waals surface area (Å²) in [5, 5.41) is 22.8. The molecule has 0 unspecified atom stereocenters. The van der Waals surface area contributed by atoms with Crippen LogP contribution in [-0.2, 0) is 14.8 Å². The fourth-order valence-corrected chi connectivity index (χ4v) is 4.81. The van der Waals surface area contributed by atoms with Crippen molar-refractivity contribution in [3.8, 4) is 11.5 Å². The van der Waals surface area contributed by atoms with Gasteiger partial charge in [-0.05, 0) is 18.2 Å². The van der Waals surface area contributed by atoms with E-state index in [0.29, 0.717) is 0 Å². The summed E-state index contributed by atoms with van der Waals surface area (Å²) < 4.78 is 37.2. The number of carbonyl (C=O) groups excluding carboxylic acids is 2. The molecule has 0 fully saturated rings. The van der Waals surface area contributed by atoms with E-state index >= 15 is 0 Å². The molecule has 0 saturated carbocycles. The Hall–Kier alpha value is -3.42. The van der Waals surface area contributed by atoms with Gasteiger partial charge in [0.15, 0.2) is 5.75 Å². The lowest BCUT2D eigenvalue weighted by Crippen LogP contribution is -2.31. The van der Waals surface area contributed by atoms with Gasteiger partial charge in [0.25, 0.3) is 5.91 Å². The summed E-state index contributed by atoms with van der Waals surface area (Å²) in [6.07, 6.45) is 0.